The Morgan fingerprint density at radius 2 is 2.19 bits per heavy atom. The molecule has 2 rings (SSSR count). The number of pyridine rings is 1. The van der Waals surface area contributed by atoms with Crippen LogP contribution in [-0.2, 0) is 0 Å². The molecule has 0 fully saturated rings. The van der Waals surface area contributed by atoms with Crippen LogP contribution in [0.2, 0.25) is 0 Å². The molecule has 5 nitrogen and oxygen atoms in total. The summed E-state index contributed by atoms with van der Waals surface area (Å²) in [6, 6.07) is 3.94. The summed E-state index contributed by atoms with van der Waals surface area (Å²) >= 11 is 0. The number of aromatic nitrogens is 3. The first-order chi connectivity index (χ1) is 7.67. The van der Waals surface area contributed by atoms with Crippen LogP contribution in [0.5, 0.6) is 5.88 Å². The maximum Gasteiger partial charge on any atom is 0.215 e. The molecule has 0 aliphatic heterocycles. The number of imidazole rings is 1. The lowest BCUT2D eigenvalue weighted by molar-refractivity contribution is 0.398. The summed E-state index contributed by atoms with van der Waals surface area (Å²) < 4.78 is 7.05. The Bertz CT molecular complexity index is 506. The van der Waals surface area contributed by atoms with E-state index in [1.54, 1.807) is 13.2 Å². The second-order valence-corrected chi connectivity index (χ2v) is 3.79. The fourth-order valence-electron chi connectivity index (χ4n) is 1.70. The van der Waals surface area contributed by atoms with E-state index in [2.05, 4.69) is 23.8 Å². The van der Waals surface area contributed by atoms with Crippen LogP contribution >= 0.6 is 0 Å². The van der Waals surface area contributed by atoms with Crippen molar-refractivity contribution >= 4 is 17.1 Å². The molecule has 1 unspecified atom stereocenters. The third-order valence-corrected chi connectivity index (χ3v) is 2.78. The molecule has 0 saturated heterocycles. The molecule has 0 bridgehead atoms. The summed E-state index contributed by atoms with van der Waals surface area (Å²) in [6.45, 7) is 4.20. The van der Waals surface area contributed by atoms with Gasteiger partial charge < -0.3 is 10.5 Å². The maximum atomic E-state index is 5.89. The standard InChI is InChI=1S/C11H16N4O/c1-4-7(2)15-10-8(13-11(15)12)5-6-9(14-10)16-3/h5-7H,4H2,1-3H3,(H2,12,13). The van der Waals surface area contributed by atoms with Gasteiger partial charge in [-0.3, -0.25) is 4.57 Å². The van der Waals surface area contributed by atoms with Gasteiger partial charge >= 0.3 is 0 Å². The van der Waals surface area contributed by atoms with Gasteiger partial charge in [0, 0.05) is 12.1 Å². The molecule has 0 saturated carbocycles. The fourth-order valence-corrected chi connectivity index (χ4v) is 1.70. The Morgan fingerprint density at radius 1 is 1.44 bits per heavy atom. The predicted molar refractivity (Wildman–Crippen MR) is 63.5 cm³/mol. The minimum absolute atomic E-state index is 0.282. The number of nitrogens with two attached hydrogens (primary N) is 1. The molecule has 0 amide bonds. The van der Waals surface area contributed by atoms with Crippen molar-refractivity contribution in [2.45, 2.75) is 26.3 Å². The largest absolute Gasteiger partial charge is 0.481 e. The van der Waals surface area contributed by atoms with Crippen LogP contribution in [-0.4, -0.2) is 21.6 Å². The molecule has 0 radical (unpaired) electrons. The van der Waals surface area contributed by atoms with Crippen LogP contribution in [0, 0.1) is 0 Å². The molecule has 2 heterocycles. The van der Waals surface area contributed by atoms with Gasteiger partial charge in [0.2, 0.25) is 11.8 Å². The van der Waals surface area contributed by atoms with E-state index in [9.17, 15) is 0 Å². The van der Waals surface area contributed by atoms with Crippen LogP contribution in [0.1, 0.15) is 26.3 Å². The molecule has 2 N–H and O–H groups in total. The number of rotatable bonds is 3. The molecule has 0 spiro atoms. The van der Waals surface area contributed by atoms with Gasteiger partial charge in [0.1, 0.15) is 5.52 Å². The summed E-state index contributed by atoms with van der Waals surface area (Å²) in [5.41, 5.74) is 7.48. The number of hydrogen-bond donors (Lipinski definition) is 1. The highest BCUT2D eigenvalue weighted by Gasteiger charge is 2.14. The average Bonchev–Trinajstić information content (AvgIpc) is 2.63. The van der Waals surface area contributed by atoms with Crippen molar-refractivity contribution in [2.75, 3.05) is 12.8 Å². The number of nitrogens with zero attached hydrogens (tertiary/aromatic N) is 3. The normalized spacial score (nSPS) is 12.9. The molecular formula is C11H16N4O. The minimum Gasteiger partial charge on any atom is -0.481 e. The van der Waals surface area contributed by atoms with E-state index in [1.807, 2.05) is 10.6 Å². The number of nitrogen functional groups attached to an aromatic ring is 1. The van der Waals surface area contributed by atoms with Crippen LogP contribution in [0.4, 0.5) is 5.95 Å². The van der Waals surface area contributed by atoms with E-state index in [0.717, 1.165) is 17.6 Å². The average molecular weight is 220 g/mol. The minimum atomic E-state index is 0.282. The second-order valence-electron chi connectivity index (χ2n) is 3.79. The zero-order chi connectivity index (χ0) is 11.7. The van der Waals surface area contributed by atoms with E-state index in [4.69, 9.17) is 10.5 Å². The molecule has 0 aliphatic rings. The molecule has 86 valence electrons. The summed E-state index contributed by atoms with van der Waals surface area (Å²) in [7, 11) is 1.60. The molecule has 5 heteroatoms. The smallest absolute Gasteiger partial charge is 0.215 e. The van der Waals surface area contributed by atoms with E-state index >= 15 is 0 Å². The maximum absolute atomic E-state index is 5.89. The Labute approximate surface area is 94.2 Å². The third-order valence-electron chi connectivity index (χ3n) is 2.78. The van der Waals surface area contributed by atoms with Gasteiger partial charge in [-0.05, 0) is 19.4 Å². The molecule has 1 atom stereocenters. The van der Waals surface area contributed by atoms with Crippen LogP contribution in [0.3, 0.4) is 0 Å². The number of hydrogen-bond acceptors (Lipinski definition) is 4. The van der Waals surface area contributed by atoms with Gasteiger partial charge in [-0.2, -0.15) is 4.98 Å². The SMILES string of the molecule is CCC(C)n1c(N)nc2ccc(OC)nc21. The van der Waals surface area contributed by atoms with Crippen LogP contribution in [0.25, 0.3) is 11.2 Å². The summed E-state index contributed by atoms with van der Waals surface area (Å²) in [5, 5.41) is 0. The molecule has 2 aromatic rings. The van der Waals surface area contributed by atoms with Crippen molar-refractivity contribution in [1.82, 2.24) is 14.5 Å². The zero-order valence-electron chi connectivity index (χ0n) is 9.77. The highest BCUT2D eigenvalue weighted by atomic mass is 16.5. The van der Waals surface area contributed by atoms with Crippen molar-refractivity contribution in [3.05, 3.63) is 12.1 Å². The van der Waals surface area contributed by atoms with Gasteiger partial charge in [-0.1, -0.05) is 6.92 Å². The topological polar surface area (TPSA) is 66.0 Å². The molecule has 2 aromatic heterocycles. The Morgan fingerprint density at radius 3 is 2.81 bits per heavy atom. The first-order valence-corrected chi connectivity index (χ1v) is 5.35. The van der Waals surface area contributed by atoms with E-state index in [-0.39, 0.29) is 6.04 Å². The number of ether oxygens (including phenoxy) is 1. The van der Waals surface area contributed by atoms with Crippen molar-refractivity contribution < 1.29 is 4.74 Å². The van der Waals surface area contributed by atoms with Gasteiger partial charge in [0.25, 0.3) is 0 Å². The molecule has 0 aromatic carbocycles. The Hall–Kier alpha value is -1.78. The molecule has 0 aliphatic carbocycles. The van der Waals surface area contributed by atoms with Crippen molar-refractivity contribution in [3.8, 4) is 5.88 Å². The first kappa shape index (κ1) is 10.7. The third kappa shape index (κ3) is 1.58. The van der Waals surface area contributed by atoms with E-state index in [0.29, 0.717) is 11.8 Å². The highest BCUT2D eigenvalue weighted by molar-refractivity contribution is 5.75. The molecule has 16 heavy (non-hydrogen) atoms. The Kier molecular flexibility index (Phi) is 2.68. The van der Waals surface area contributed by atoms with Gasteiger partial charge in [-0.25, -0.2) is 4.98 Å². The van der Waals surface area contributed by atoms with Crippen molar-refractivity contribution in [3.63, 3.8) is 0 Å². The van der Waals surface area contributed by atoms with Gasteiger partial charge in [0.05, 0.1) is 7.11 Å². The summed E-state index contributed by atoms with van der Waals surface area (Å²) in [4.78, 5) is 8.66. The van der Waals surface area contributed by atoms with E-state index < -0.39 is 0 Å². The Balaban J connectivity index is 2.65. The highest BCUT2D eigenvalue weighted by Crippen LogP contribution is 2.24. The summed E-state index contributed by atoms with van der Waals surface area (Å²) in [6.07, 6.45) is 0.981. The second kappa shape index (κ2) is 4.00. The fraction of sp³-hybridized carbons (Fsp3) is 0.455. The van der Waals surface area contributed by atoms with Gasteiger partial charge in [-0.15, -0.1) is 0 Å². The number of methoxy groups -OCH3 is 1. The van der Waals surface area contributed by atoms with E-state index in [1.165, 1.54) is 0 Å². The van der Waals surface area contributed by atoms with Crippen LogP contribution in [0.15, 0.2) is 12.1 Å². The van der Waals surface area contributed by atoms with Crippen LogP contribution < -0.4 is 10.5 Å². The summed E-state index contributed by atoms with van der Waals surface area (Å²) in [5.74, 6) is 1.09. The molecular weight excluding hydrogens is 204 g/mol. The zero-order valence-corrected chi connectivity index (χ0v) is 9.77. The lowest BCUT2D eigenvalue weighted by atomic mass is 10.2. The number of fused-ring (bicyclic) bond motifs is 1. The number of anilines is 1. The lowest BCUT2D eigenvalue weighted by Gasteiger charge is -2.12. The predicted octanol–water partition coefficient (Wildman–Crippen LogP) is 1.99. The van der Waals surface area contributed by atoms with Gasteiger partial charge in [0.15, 0.2) is 5.65 Å². The van der Waals surface area contributed by atoms with Crippen molar-refractivity contribution in [2.24, 2.45) is 0 Å². The first-order valence-electron chi connectivity index (χ1n) is 5.35. The van der Waals surface area contributed by atoms with Crippen molar-refractivity contribution in [1.29, 1.82) is 0 Å². The quantitative estimate of drug-likeness (QED) is 0.859. The monoisotopic (exact) mass is 220 g/mol. The lowest BCUT2D eigenvalue weighted by Crippen LogP contribution is -2.08.